The summed E-state index contributed by atoms with van der Waals surface area (Å²) < 4.78 is 22.1. The lowest BCUT2D eigenvalue weighted by Gasteiger charge is -2.01. The number of carbonyl (C=O) groups is 2. The predicted octanol–water partition coefficient (Wildman–Crippen LogP) is 1.31. The highest BCUT2D eigenvalue weighted by Crippen LogP contribution is 2.12. The molecular weight excluding hydrogens is 325 g/mol. The quantitative estimate of drug-likeness (QED) is 0.837. The molecule has 0 radical (unpaired) electrons. The van der Waals surface area contributed by atoms with Crippen molar-refractivity contribution in [3.63, 3.8) is 0 Å². The third-order valence-corrected chi connectivity index (χ3v) is 2.07. The molecule has 1 rings (SSSR count). The zero-order chi connectivity index (χ0) is 14.8. The fraction of sp³-hybridized carbons (Fsp3) is 0.364. The van der Waals surface area contributed by atoms with E-state index in [1.54, 1.807) is 6.92 Å². The standard InChI is InChI=1S/C8H7BrFNO2.C3H6O3/c1-2-13-8(12)7-6(10)3-5(9)4-11-7;1-6-3(5)2-4/h3-4H,2H2,1H3;4H,2H2,1H3. The van der Waals surface area contributed by atoms with Crippen molar-refractivity contribution in [1.82, 2.24) is 4.98 Å². The first-order valence-electron chi connectivity index (χ1n) is 5.12. The lowest BCUT2D eigenvalue weighted by atomic mass is 10.3. The van der Waals surface area contributed by atoms with Gasteiger partial charge in [-0.15, -0.1) is 0 Å². The maximum absolute atomic E-state index is 13.0. The number of rotatable bonds is 3. The molecule has 0 saturated carbocycles. The second-order valence-corrected chi connectivity index (χ2v) is 3.85. The van der Waals surface area contributed by atoms with Crippen LogP contribution in [-0.4, -0.2) is 42.4 Å². The Morgan fingerprint density at radius 1 is 1.53 bits per heavy atom. The van der Waals surface area contributed by atoms with Crippen molar-refractivity contribution in [3.8, 4) is 0 Å². The molecule has 1 aromatic heterocycles. The minimum absolute atomic E-state index is 0.204. The van der Waals surface area contributed by atoms with Crippen LogP contribution >= 0.6 is 15.9 Å². The fourth-order valence-electron chi connectivity index (χ4n) is 0.829. The molecule has 1 aromatic rings. The van der Waals surface area contributed by atoms with Gasteiger partial charge in [0, 0.05) is 10.7 Å². The molecule has 0 amide bonds. The Hall–Kier alpha value is -1.54. The average molecular weight is 338 g/mol. The van der Waals surface area contributed by atoms with Crippen molar-refractivity contribution in [2.45, 2.75) is 6.92 Å². The van der Waals surface area contributed by atoms with Gasteiger partial charge in [0.2, 0.25) is 0 Å². The van der Waals surface area contributed by atoms with Crippen molar-refractivity contribution in [1.29, 1.82) is 0 Å². The van der Waals surface area contributed by atoms with E-state index in [0.717, 1.165) is 0 Å². The van der Waals surface area contributed by atoms with Crippen molar-refractivity contribution >= 4 is 27.9 Å². The number of ether oxygens (including phenoxy) is 2. The Balaban J connectivity index is 0.000000459. The van der Waals surface area contributed by atoms with E-state index >= 15 is 0 Å². The summed E-state index contributed by atoms with van der Waals surface area (Å²) in [6, 6.07) is 1.17. The lowest BCUT2D eigenvalue weighted by molar-refractivity contribution is -0.143. The smallest absolute Gasteiger partial charge is 0.359 e. The summed E-state index contributed by atoms with van der Waals surface area (Å²) in [5.41, 5.74) is -0.287. The van der Waals surface area contributed by atoms with Crippen LogP contribution in [-0.2, 0) is 14.3 Å². The van der Waals surface area contributed by atoms with Crippen LogP contribution in [0.5, 0.6) is 0 Å². The third kappa shape index (κ3) is 6.82. The second kappa shape index (κ2) is 9.40. The highest BCUT2D eigenvalue weighted by atomic mass is 79.9. The molecule has 0 aromatic carbocycles. The van der Waals surface area contributed by atoms with Gasteiger partial charge in [0.15, 0.2) is 11.5 Å². The van der Waals surface area contributed by atoms with E-state index in [-0.39, 0.29) is 12.3 Å². The number of carbonyl (C=O) groups excluding carboxylic acids is 2. The van der Waals surface area contributed by atoms with E-state index in [1.165, 1.54) is 19.4 Å². The van der Waals surface area contributed by atoms with Crippen LogP contribution in [0.1, 0.15) is 17.4 Å². The third-order valence-electron chi connectivity index (χ3n) is 1.63. The number of hydrogen-bond donors (Lipinski definition) is 1. The molecule has 0 spiro atoms. The largest absolute Gasteiger partial charge is 0.467 e. The van der Waals surface area contributed by atoms with Crippen LogP contribution in [0.15, 0.2) is 16.7 Å². The number of aliphatic hydroxyl groups excluding tert-OH is 1. The molecule has 0 saturated heterocycles. The van der Waals surface area contributed by atoms with Gasteiger partial charge in [-0.25, -0.2) is 19.0 Å². The van der Waals surface area contributed by atoms with Crippen molar-refractivity contribution in [2.24, 2.45) is 0 Å². The SMILES string of the molecule is CCOC(=O)c1ncc(Br)cc1F.COC(=O)CO. The number of methoxy groups -OCH3 is 1. The molecular formula is C11H13BrFNO5. The zero-order valence-electron chi connectivity index (χ0n) is 10.4. The molecule has 6 nitrogen and oxygen atoms in total. The Morgan fingerprint density at radius 3 is 2.53 bits per heavy atom. The molecule has 0 aliphatic carbocycles. The first-order valence-corrected chi connectivity index (χ1v) is 5.91. The molecule has 0 bridgehead atoms. The van der Waals surface area contributed by atoms with E-state index in [1.807, 2.05) is 0 Å². The Bertz CT molecular complexity index is 435. The van der Waals surface area contributed by atoms with E-state index in [0.29, 0.717) is 4.47 Å². The first-order chi connectivity index (χ1) is 8.96. The fourth-order valence-corrected chi connectivity index (χ4v) is 1.13. The molecule has 0 aliphatic heterocycles. The molecule has 0 aliphatic rings. The van der Waals surface area contributed by atoms with Gasteiger partial charge in [-0.05, 0) is 28.9 Å². The molecule has 0 unspecified atom stereocenters. The molecule has 1 heterocycles. The summed E-state index contributed by atoms with van der Waals surface area (Å²) in [4.78, 5) is 24.3. The highest BCUT2D eigenvalue weighted by Gasteiger charge is 2.14. The van der Waals surface area contributed by atoms with Crippen molar-refractivity contribution in [3.05, 3.63) is 28.2 Å². The van der Waals surface area contributed by atoms with E-state index < -0.39 is 24.4 Å². The molecule has 19 heavy (non-hydrogen) atoms. The summed E-state index contributed by atoms with van der Waals surface area (Å²) >= 11 is 3.03. The van der Waals surface area contributed by atoms with Gasteiger partial charge in [0.05, 0.1) is 13.7 Å². The van der Waals surface area contributed by atoms with Gasteiger partial charge in [0.1, 0.15) is 6.61 Å². The second-order valence-electron chi connectivity index (χ2n) is 2.94. The maximum Gasteiger partial charge on any atom is 0.359 e. The maximum atomic E-state index is 13.0. The van der Waals surface area contributed by atoms with Crippen molar-refractivity contribution < 1.29 is 28.6 Å². The number of hydrogen-bond acceptors (Lipinski definition) is 6. The lowest BCUT2D eigenvalue weighted by Crippen LogP contribution is -2.09. The molecule has 0 atom stereocenters. The van der Waals surface area contributed by atoms with E-state index in [2.05, 4.69) is 30.4 Å². The highest BCUT2D eigenvalue weighted by molar-refractivity contribution is 9.10. The van der Waals surface area contributed by atoms with E-state index in [4.69, 9.17) is 5.11 Å². The number of nitrogens with zero attached hydrogens (tertiary/aromatic N) is 1. The topological polar surface area (TPSA) is 85.7 Å². The molecule has 0 fully saturated rings. The van der Waals surface area contributed by atoms with Gasteiger partial charge in [-0.2, -0.15) is 0 Å². The average Bonchev–Trinajstić information content (AvgIpc) is 2.38. The van der Waals surface area contributed by atoms with Crippen LogP contribution in [0.3, 0.4) is 0 Å². The number of halogens is 2. The Kier molecular flexibility index (Phi) is 8.64. The minimum Gasteiger partial charge on any atom is -0.467 e. The number of aromatic nitrogens is 1. The van der Waals surface area contributed by atoms with Gasteiger partial charge < -0.3 is 14.6 Å². The minimum atomic E-state index is -0.743. The van der Waals surface area contributed by atoms with Crippen LogP contribution < -0.4 is 0 Å². The summed E-state index contributed by atoms with van der Waals surface area (Å²) in [6.45, 7) is 1.32. The number of aliphatic hydroxyl groups is 1. The number of esters is 2. The summed E-state index contributed by atoms with van der Waals surface area (Å²) in [7, 11) is 1.22. The molecule has 106 valence electrons. The summed E-state index contributed by atoms with van der Waals surface area (Å²) in [6.07, 6.45) is 1.34. The monoisotopic (exact) mass is 337 g/mol. The van der Waals surface area contributed by atoms with Gasteiger partial charge in [-0.3, -0.25) is 0 Å². The van der Waals surface area contributed by atoms with Gasteiger partial charge >= 0.3 is 11.9 Å². The summed E-state index contributed by atoms with van der Waals surface area (Å²) in [5.74, 6) is -2.03. The Morgan fingerprint density at radius 2 is 2.16 bits per heavy atom. The van der Waals surface area contributed by atoms with Crippen LogP contribution in [0.25, 0.3) is 0 Å². The van der Waals surface area contributed by atoms with Crippen LogP contribution in [0.4, 0.5) is 4.39 Å². The van der Waals surface area contributed by atoms with Gasteiger partial charge in [0.25, 0.3) is 0 Å². The van der Waals surface area contributed by atoms with Crippen LogP contribution in [0.2, 0.25) is 0 Å². The number of pyridine rings is 1. The van der Waals surface area contributed by atoms with E-state index in [9.17, 15) is 14.0 Å². The molecule has 1 N–H and O–H groups in total. The molecule has 8 heteroatoms. The van der Waals surface area contributed by atoms with Crippen molar-refractivity contribution in [2.75, 3.05) is 20.3 Å². The Labute approximate surface area is 117 Å². The van der Waals surface area contributed by atoms with Crippen LogP contribution in [0, 0.1) is 5.82 Å². The first kappa shape index (κ1) is 17.5. The zero-order valence-corrected chi connectivity index (χ0v) is 11.9. The summed E-state index contributed by atoms with van der Waals surface area (Å²) in [5, 5.41) is 7.86. The van der Waals surface area contributed by atoms with Gasteiger partial charge in [-0.1, -0.05) is 0 Å². The predicted molar refractivity (Wildman–Crippen MR) is 67.0 cm³/mol. The normalized spacial score (nSPS) is 9.11.